The number of nitrogens with zero attached hydrogens (tertiary/aromatic N) is 2. The first-order valence-electron chi connectivity index (χ1n) is 15.9. The predicted octanol–water partition coefficient (Wildman–Crippen LogP) is 8.34. The van der Waals surface area contributed by atoms with E-state index in [0.29, 0.717) is 28.8 Å². The van der Waals surface area contributed by atoms with Gasteiger partial charge in [0.15, 0.2) is 11.6 Å². The van der Waals surface area contributed by atoms with Gasteiger partial charge in [-0.2, -0.15) is 0 Å². The van der Waals surface area contributed by atoms with Crippen LogP contribution in [0.3, 0.4) is 0 Å². The summed E-state index contributed by atoms with van der Waals surface area (Å²) in [5.41, 5.74) is 1.42. The predicted molar refractivity (Wildman–Crippen MR) is 174 cm³/mol. The van der Waals surface area contributed by atoms with Crippen molar-refractivity contribution in [2.45, 2.75) is 98.4 Å². The van der Waals surface area contributed by atoms with Gasteiger partial charge in [-0.25, -0.2) is 18.6 Å². The fraction of sp³-hybridized carbons (Fsp3) is 0.486. The number of methoxy groups -OCH3 is 1. The number of esters is 2. The van der Waals surface area contributed by atoms with E-state index in [4.69, 9.17) is 14.2 Å². The molecule has 1 aliphatic carbocycles. The molecule has 248 valence electrons. The van der Waals surface area contributed by atoms with Gasteiger partial charge in [0.1, 0.15) is 11.4 Å². The SMILES string of the molecule is COc1cc(-c2ccc(C(=O)Oc3cccc([C@H](C4CC4)[C@H](C)C(=O)OC(C)(C)C)c3F)cc2CN(C(C)C)C(C)C)c(F)cn1. The van der Waals surface area contributed by atoms with Crippen LogP contribution in [-0.4, -0.2) is 46.6 Å². The smallest absolute Gasteiger partial charge is 0.343 e. The summed E-state index contributed by atoms with van der Waals surface area (Å²) in [5.74, 6) is -3.15. The summed E-state index contributed by atoms with van der Waals surface area (Å²) in [6.07, 6.45) is 2.87. The van der Waals surface area contributed by atoms with E-state index in [-0.39, 0.29) is 41.2 Å². The van der Waals surface area contributed by atoms with Gasteiger partial charge in [0.25, 0.3) is 0 Å². The van der Waals surface area contributed by atoms with Gasteiger partial charge >= 0.3 is 11.9 Å². The van der Waals surface area contributed by atoms with E-state index in [1.807, 2.05) is 0 Å². The molecule has 0 radical (unpaired) electrons. The van der Waals surface area contributed by atoms with Crippen molar-refractivity contribution < 1.29 is 32.6 Å². The lowest BCUT2D eigenvalue weighted by Gasteiger charge is -2.31. The van der Waals surface area contributed by atoms with Crippen molar-refractivity contribution in [3.05, 3.63) is 77.0 Å². The minimum absolute atomic E-state index is 0.134. The minimum Gasteiger partial charge on any atom is -0.481 e. The van der Waals surface area contributed by atoms with Crippen molar-refractivity contribution in [3.8, 4) is 22.8 Å². The number of pyridine rings is 1. The highest BCUT2D eigenvalue weighted by Gasteiger charge is 2.42. The normalized spacial score (nSPS) is 14.8. The van der Waals surface area contributed by atoms with Crippen LogP contribution in [0.5, 0.6) is 11.6 Å². The maximum absolute atomic E-state index is 16.1. The van der Waals surface area contributed by atoms with E-state index in [1.165, 1.54) is 19.2 Å². The average Bonchev–Trinajstić information content (AvgIpc) is 3.82. The van der Waals surface area contributed by atoms with Crippen LogP contribution in [0.2, 0.25) is 0 Å². The van der Waals surface area contributed by atoms with Crippen molar-refractivity contribution in [2.24, 2.45) is 11.8 Å². The Kier molecular flexibility index (Phi) is 10.9. The summed E-state index contributed by atoms with van der Waals surface area (Å²) in [4.78, 5) is 32.7. The van der Waals surface area contributed by atoms with E-state index in [1.54, 1.807) is 58.0 Å². The molecule has 46 heavy (non-hydrogen) atoms. The van der Waals surface area contributed by atoms with E-state index in [2.05, 4.69) is 37.6 Å². The molecule has 1 aliphatic rings. The third kappa shape index (κ3) is 8.29. The minimum atomic E-state index is -0.750. The molecule has 0 unspecified atom stereocenters. The van der Waals surface area contributed by atoms with Crippen molar-refractivity contribution in [1.82, 2.24) is 9.88 Å². The fourth-order valence-corrected chi connectivity index (χ4v) is 5.96. The molecule has 2 aromatic carbocycles. The summed E-state index contributed by atoms with van der Waals surface area (Å²) < 4.78 is 47.7. The quantitative estimate of drug-likeness (QED) is 0.146. The number of hydrogen-bond donors (Lipinski definition) is 0. The molecule has 1 fully saturated rings. The molecule has 0 N–H and O–H groups in total. The molecule has 4 rings (SSSR count). The van der Waals surface area contributed by atoms with Gasteiger partial charge in [-0.15, -0.1) is 0 Å². The van der Waals surface area contributed by atoms with Gasteiger partial charge in [-0.3, -0.25) is 9.69 Å². The molecule has 9 heteroatoms. The molecule has 1 heterocycles. The monoisotopic (exact) mass is 636 g/mol. The number of halogens is 2. The van der Waals surface area contributed by atoms with Crippen molar-refractivity contribution in [2.75, 3.05) is 7.11 Å². The first-order valence-corrected chi connectivity index (χ1v) is 15.9. The van der Waals surface area contributed by atoms with Gasteiger partial charge in [-0.05, 0) is 102 Å². The topological polar surface area (TPSA) is 78.0 Å². The summed E-state index contributed by atoms with van der Waals surface area (Å²) in [5, 5.41) is 0. The third-order valence-corrected chi connectivity index (χ3v) is 8.35. The molecule has 3 aromatic rings. The van der Waals surface area contributed by atoms with Gasteiger partial charge in [0.2, 0.25) is 5.88 Å². The number of aromatic nitrogens is 1. The zero-order valence-electron chi connectivity index (χ0n) is 28.3. The number of rotatable bonds is 12. The number of hydrogen-bond acceptors (Lipinski definition) is 7. The molecule has 0 spiro atoms. The Balaban J connectivity index is 1.68. The number of ether oxygens (including phenoxy) is 3. The van der Waals surface area contributed by atoms with Crippen molar-refractivity contribution >= 4 is 11.9 Å². The largest absolute Gasteiger partial charge is 0.481 e. The fourth-order valence-electron chi connectivity index (χ4n) is 5.96. The zero-order chi connectivity index (χ0) is 33.9. The van der Waals surface area contributed by atoms with Crippen LogP contribution in [-0.2, 0) is 16.1 Å². The van der Waals surface area contributed by atoms with Crippen molar-refractivity contribution in [3.63, 3.8) is 0 Å². The molecule has 0 amide bonds. The lowest BCUT2D eigenvalue weighted by molar-refractivity contribution is -0.160. The second kappa shape index (κ2) is 14.3. The molecular formula is C37H46F2N2O5. The Hall–Kier alpha value is -3.85. The molecule has 2 atom stereocenters. The summed E-state index contributed by atoms with van der Waals surface area (Å²) in [6, 6.07) is 11.4. The maximum Gasteiger partial charge on any atom is 0.343 e. The van der Waals surface area contributed by atoms with E-state index in [0.717, 1.165) is 19.0 Å². The van der Waals surface area contributed by atoms with E-state index in [9.17, 15) is 9.59 Å². The van der Waals surface area contributed by atoms with Crippen LogP contribution in [0.1, 0.15) is 95.6 Å². The summed E-state index contributed by atoms with van der Waals surface area (Å²) >= 11 is 0. The molecule has 0 bridgehead atoms. The second-order valence-corrected chi connectivity index (χ2v) is 13.7. The number of carbonyl (C=O) groups excluding carboxylic acids is 2. The zero-order valence-corrected chi connectivity index (χ0v) is 28.3. The van der Waals surface area contributed by atoms with Crippen LogP contribution in [0.4, 0.5) is 8.78 Å². The standard InChI is InChI=1S/C37H46F2N2O5/c1-21(2)41(22(3)4)20-26-17-25(15-16-27(26)29-18-32(44-9)40-19-30(29)38)36(43)45-31-12-10-11-28(34(31)39)33(24-13-14-24)23(5)35(42)46-37(6,7)8/h10-12,15-19,21-24,33H,13-14,20H2,1-9H3/t23-,33-/m0/s1. The van der Waals surface area contributed by atoms with Crippen LogP contribution >= 0.6 is 0 Å². The van der Waals surface area contributed by atoms with Crippen LogP contribution in [0.15, 0.2) is 48.7 Å². The number of carbonyl (C=O) groups is 2. The van der Waals surface area contributed by atoms with Gasteiger partial charge in [0.05, 0.1) is 24.8 Å². The van der Waals surface area contributed by atoms with Gasteiger partial charge in [0, 0.05) is 36.2 Å². The first-order chi connectivity index (χ1) is 21.6. The Labute approximate surface area is 271 Å². The Morgan fingerprint density at radius 1 is 0.978 bits per heavy atom. The second-order valence-electron chi connectivity index (χ2n) is 13.7. The van der Waals surface area contributed by atoms with Crippen LogP contribution in [0, 0.1) is 23.5 Å². The highest BCUT2D eigenvalue weighted by atomic mass is 19.1. The molecule has 0 aliphatic heterocycles. The van der Waals surface area contributed by atoms with Crippen LogP contribution < -0.4 is 9.47 Å². The lowest BCUT2D eigenvalue weighted by atomic mass is 9.82. The molecule has 7 nitrogen and oxygen atoms in total. The summed E-state index contributed by atoms with van der Waals surface area (Å²) in [7, 11) is 1.46. The highest BCUT2D eigenvalue weighted by molar-refractivity contribution is 5.92. The number of benzene rings is 2. The third-order valence-electron chi connectivity index (χ3n) is 8.35. The van der Waals surface area contributed by atoms with Gasteiger partial charge < -0.3 is 14.2 Å². The van der Waals surface area contributed by atoms with Crippen molar-refractivity contribution in [1.29, 1.82) is 0 Å². The first kappa shape index (κ1) is 35.0. The molecule has 1 saturated carbocycles. The molecular weight excluding hydrogens is 590 g/mol. The highest BCUT2D eigenvalue weighted by Crippen LogP contribution is 2.48. The Morgan fingerprint density at radius 3 is 2.24 bits per heavy atom. The molecule has 0 saturated heterocycles. The van der Waals surface area contributed by atoms with E-state index < -0.39 is 35.0 Å². The van der Waals surface area contributed by atoms with Crippen LogP contribution in [0.25, 0.3) is 11.1 Å². The molecule has 1 aromatic heterocycles. The lowest BCUT2D eigenvalue weighted by Crippen LogP contribution is -2.36. The summed E-state index contributed by atoms with van der Waals surface area (Å²) in [6.45, 7) is 15.9. The maximum atomic E-state index is 16.1. The Morgan fingerprint density at radius 2 is 1.65 bits per heavy atom. The Bertz CT molecular complexity index is 1550. The van der Waals surface area contributed by atoms with Gasteiger partial charge in [-0.1, -0.05) is 25.1 Å². The van der Waals surface area contributed by atoms with E-state index >= 15 is 8.78 Å². The average molecular weight is 637 g/mol.